The summed E-state index contributed by atoms with van der Waals surface area (Å²) in [7, 11) is 1.60. The zero-order chi connectivity index (χ0) is 20.8. The van der Waals surface area contributed by atoms with Crippen molar-refractivity contribution in [2.75, 3.05) is 45.2 Å². The summed E-state index contributed by atoms with van der Waals surface area (Å²) >= 11 is 0. The number of amides is 1. The van der Waals surface area contributed by atoms with Gasteiger partial charge in [0.15, 0.2) is 11.5 Å². The Bertz CT molecular complexity index is 984. The van der Waals surface area contributed by atoms with Gasteiger partial charge in [0.05, 0.1) is 12.3 Å². The molecule has 3 N–H and O–H groups in total. The van der Waals surface area contributed by atoms with Crippen LogP contribution < -0.4 is 16.0 Å². The highest BCUT2D eigenvalue weighted by atomic mass is 16.5. The molecule has 0 spiro atoms. The summed E-state index contributed by atoms with van der Waals surface area (Å²) in [4.78, 5) is 25.9. The van der Waals surface area contributed by atoms with Gasteiger partial charge in [0, 0.05) is 50.6 Å². The van der Waals surface area contributed by atoms with Crippen molar-refractivity contribution in [3.63, 3.8) is 0 Å². The molecule has 0 bridgehead atoms. The number of hydrogen-bond donors (Lipinski definition) is 3. The molecule has 0 radical (unpaired) electrons. The largest absolute Gasteiger partial charge is 0.383 e. The first-order chi connectivity index (χ1) is 14.7. The third-order valence-corrected chi connectivity index (χ3v) is 5.26. The lowest BCUT2D eigenvalue weighted by Gasteiger charge is -2.23. The topological polar surface area (TPSA) is 105 Å². The van der Waals surface area contributed by atoms with E-state index in [-0.39, 0.29) is 5.91 Å². The smallest absolute Gasteiger partial charge is 0.271 e. The van der Waals surface area contributed by atoms with Crippen molar-refractivity contribution in [1.29, 1.82) is 0 Å². The van der Waals surface area contributed by atoms with Gasteiger partial charge >= 0.3 is 0 Å². The first-order valence-electron chi connectivity index (χ1n) is 10.3. The van der Waals surface area contributed by atoms with Crippen molar-refractivity contribution in [2.24, 2.45) is 5.92 Å². The Hall–Kier alpha value is -3.04. The maximum Gasteiger partial charge on any atom is 0.271 e. The molecule has 3 aromatic rings. The standard InChI is InChI=1S/C21H27N7O2/c1-30-11-10-24-21(29)18-14-28-13-17(16-4-8-23-9-5-16)26-19(20(28)27-18)25-12-15-2-6-22-7-3-15/h4-5,8-9,13-15,22H,2-3,6-7,10-12H2,1H3,(H,24,29)(H,25,26). The number of carbonyl (C=O) groups is 1. The Morgan fingerprint density at radius 2 is 2.03 bits per heavy atom. The molecule has 158 valence electrons. The van der Waals surface area contributed by atoms with Crippen molar-refractivity contribution < 1.29 is 9.53 Å². The molecule has 0 aromatic carbocycles. The van der Waals surface area contributed by atoms with E-state index < -0.39 is 0 Å². The van der Waals surface area contributed by atoms with Gasteiger partial charge in [-0.25, -0.2) is 9.97 Å². The fraction of sp³-hybridized carbons (Fsp3) is 0.429. The Kier molecular flexibility index (Phi) is 6.50. The highest BCUT2D eigenvalue weighted by molar-refractivity contribution is 5.93. The van der Waals surface area contributed by atoms with Gasteiger partial charge in [-0.15, -0.1) is 0 Å². The van der Waals surface area contributed by atoms with Crippen molar-refractivity contribution in [3.05, 3.63) is 42.6 Å². The number of nitrogens with zero attached hydrogens (tertiary/aromatic N) is 4. The van der Waals surface area contributed by atoms with E-state index in [0.29, 0.717) is 36.2 Å². The number of pyridine rings is 1. The lowest BCUT2D eigenvalue weighted by atomic mass is 9.98. The van der Waals surface area contributed by atoms with Gasteiger partial charge in [0.2, 0.25) is 0 Å². The molecule has 9 nitrogen and oxygen atoms in total. The summed E-state index contributed by atoms with van der Waals surface area (Å²) < 4.78 is 6.85. The second-order valence-corrected chi connectivity index (χ2v) is 7.39. The molecule has 9 heteroatoms. The third-order valence-electron chi connectivity index (χ3n) is 5.26. The SMILES string of the molecule is COCCNC(=O)c1cn2cc(-c3ccncc3)nc(NCC3CCNCC3)c2n1. The van der Waals surface area contributed by atoms with Crippen molar-refractivity contribution in [1.82, 2.24) is 30.0 Å². The number of anilines is 1. The van der Waals surface area contributed by atoms with Gasteiger partial charge in [-0.05, 0) is 44.0 Å². The average Bonchev–Trinajstić information content (AvgIpc) is 3.23. The highest BCUT2D eigenvalue weighted by Crippen LogP contribution is 2.23. The van der Waals surface area contributed by atoms with Gasteiger partial charge in [-0.2, -0.15) is 0 Å². The number of aromatic nitrogens is 4. The third kappa shape index (κ3) is 4.74. The monoisotopic (exact) mass is 409 g/mol. The predicted octanol–water partition coefficient (Wildman–Crippen LogP) is 1.58. The van der Waals surface area contributed by atoms with E-state index in [2.05, 4.69) is 25.9 Å². The number of imidazole rings is 1. The summed E-state index contributed by atoms with van der Waals surface area (Å²) in [6, 6.07) is 3.83. The molecule has 1 amide bonds. The Morgan fingerprint density at radius 1 is 1.23 bits per heavy atom. The molecule has 1 aliphatic rings. The summed E-state index contributed by atoms with van der Waals surface area (Å²) in [6.45, 7) is 3.80. The fourth-order valence-corrected chi connectivity index (χ4v) is 3.57. The van der Waals surface area contributed by atoms with E-state index in [4.69, 9.17) is 9.72 Å². The van der Waals surface area contributed by atoms with Gasteiger partial charge in [-0.3, -0.25) is 9.78 Å². The minimum Gasteiger partial charge on any atom is -0.383 e. The number of hydrogen-bond acceptors (Lipinski definition) is 7. The number of fused-ring (bicyclic) bond motifs is 1. The molecule has 1 aliphatic heterocycles. The summed E-state index contributed by atoms with van der Waals surface area (Å²) in [5, 5.41) is 9.69. The van der Waals surface area contributed by atoms with Gasteiger partial charge < -0.3 is 25.1 Å². The zero-order valence-electron chi connectivity index (χ0n) is 17.1. The molecule has 0 atom stereocenters. The normalized spacial score (nSPS) is 14.7. The van der Waals surface area contributed by atoms with Crippen LogP contribution >= 0.6 is 0 Å². The van der Waals surface area contributed by atoms with Crippen LogP contribution in [0.2, 0.25) is 0 Å². The van der Waals surface area contributed by atoms with Crippen LogP contribution in [0, 0.1) is 5.92 Å². The molecule has 1 fully saturated rings. The van der Waals surface area contributed by atoms with E-state index in [1.807, 2.05) is 22.7 Å². The first-order valence-corrected chi connectivity index (χ1v) is 10.3. The molecular weight excluding hydrogens is 382 g/mol. The van der Waals surface area contributed by atoms with E-state index in [1.54, 1.807) is 25.7 Å². The summed E-state index contributed by atoms with van der Waals surface area (Å²) in [5.74, 6) is 1.04. The van der Waals surface area contributed by atoms with Gasteiger partial charge in [0.25, 0.3) is 5.91 Å². The molecule has 4 rings (SSSR count). The maximum absolute atomic E-state index is 12.5. The van der Waals surface area contributed by atoms with Crippen molar-refractivity contribution in [3.8, 4) is 11.3 Å². The summed E-state index contributed by atoms with van der Waals surface area (Å²) in [5.41, 5.74) is 2.74. The lowest BCUT2D eigenvalue weighted by Crippen LogP contribution is -2.31. The minimum atomic E-state index is -0.231. The van der Waals surface area contributed by atoms with Crippen LogP contribution in [0.5, 0.6) is 0 Å². The highest BCUT2D eigenvalue weighted by Gasteiger charge is 2.18. The predicted molar refractivity (Wildman–Crippen MR) is 115 cm³/mol. The van der Waals surface area contributed by atoms with Crippen LogP contribution in [0.3, 0.4) is 0 Å². The quantitative estimate of drug-likeness (QED) is 0.485. The van der Waals surface area contributed by atoms with Gasteiger partial charge in [0.1, 0.15) is 5.69 Å². The number of methoxy groups -OCH3 is 1. The molecule has 0 aliphatic carbocycles. The van der Waals surface area contributed by atoms with Crippen LogP contribution in [0.25, 0.3) is 16.9 Å². The Labute approximate surface area is 175 Å². The molecular formula is C21H27N7O2. The molecule has 30 heavy (non-hydrogen) atoms. The average molecular weight is 409 g/mol. The lowest BCUT2D eigenvalue weighted by molar-refractivity contribution is 0.0932. The Balaban J connectivity index is 1.64. The van der Waals surface area contributed by atoms with Crippen molar-refractivity contribution >= 4 is 17.4 Å². The molecule has 3 aromatic heterocycles. The number of carbonyl (C=O) groups excluding carboxylic acids is 1. The van der Waals surface area contributed by atoms with Crippen LogP contribution in [0.15, 0.2) is 36.9 Å². The molecule has 0 saturated carbocycles. The molecule has 1 saturated heterocycles. The van der Waals surface area contributed by atoms with E-state index in [1.165, 1.54) is 0 Å². The Morgan fingerprint density at radius 3 is 2.80 bits per heavy atom. The number of rotatable bonds is 8. The van der Waals surface area contributed by atoms with E-state index in [9.17, 15) is 4.79 Å². The van der Waals surface area contributed by atoms with Crippen LogP contribution in [-0.2, 0) is 4.74 Å². The summed E-state index contributed by atoms with van der Waals surface area (Å²) in [6.07, 6.45) is 9.38. The maximum atomic E-state index is 12.5. The molecule has 4 heterocycles. The van der Waals surface area contributed by atoms with Crippen LogP contribution in [0.1, 0.15) is 23.3 Å². The zero-order valence-corrected chi connectivity index (χ0v) is 17.1. The second-order valence-electron chi connectivity index (χ2n) is 7.39. The van der Waals surface area contributed by atoms with Crippen LogP contribution in [-0.4, -0.2) is 65.2 Å². The number of ether oxygens (including phenoxy) is 1. The van der Waals surface area contributed by atoms with E-state index in [0.717, 1.165) is 43.7 Å². The van der Waals surface area contributed by atoms with E-state index >= 15 is 0 Å². The number of nitrogens with one attached hydrogen (secondary N) is 3. The fourth-order valence-electron chi connectivity index (χ4n) is 3.57. The first kappa shape index (κ1) is 20.2. The van der Waals surface area contributed by atoms with Crippen molar-refractivity contribution in [2.45, 2.75) is 12.8 Å². The van der Waals surface area contributed by atoms with Crippen LogP contribution in [0.4, 0.5) is 5.82 Å². The second kappa shape index (κ2) is 9.64. The van der Waals surface area contributed by atoms with Gasteiger partial charge in [-0.1, -0.05) is 0 Å². The number of piperidine rings is 1. The molecule has 0 unspecified atom stereocenters. The minimum absolute atomic E-state index is 0.231.